The normalized spacial score (nSPS) is 22.4. The molecule has 1 aliphatic heterocycles. The zero-order chi connectivity index (χ0) is 25.0. The highest BCUT2D eigenvalue weighted by Crippen LogP contribution is 2.46. The smallest absolute Gasteiger partial charge is 0.131 e. The molecule has 35 heavy (non-hydrogen) atoms. The lowest BCUT2D eigenvalue weighted by Gasteiger charge is -2.45. The fourth-order valence-electron chi connectivity index (χ4n) is 5.20. The van der Waals surface area contributed by atoms with Gasteiger partial charge in [-0.3, -0.25) is 5.41 Å². The number of allylic oxidation sites excluding steroid dienone is 1. The van der Waals surface area contributed by atoms with Crippen LogP contribution in [0.25, 0.3) is 0 Å². The van der Waals surface area contributed by atoms with Crippen molar-refractivity contribution in [1.29, 1.82) is 5.41 Å². The summed E-state index contributed by atoms with van der Waals surface area (Å²) in [6, 6.07) is 13.7. The SMILES string of the molecule is CC.Cc1cc(F)cc(NSC2C=CC(C)CC2)c1C(=N)N1CCN(c2ccccc2)CC12CC2. The van der Waals surface area contributed by atoms with Crippen molar-refractivity contribution in [3.05, 3.63) is 71.6 Å². The summed E-state index contributed by atoms with van der Waals surface area (Å²) in [5.74, 6) is 0.898. The molecule has 2 N–H and O–H groups in total. The van der Waals surface area contributed by atoms with Crippen molar-refractivity contribution in [2.75, 3.05) is 29.3 Å². The molecule has 1 heterocycles. The minimum absolute atomic E-state index is 0.0126. The van der Waals surface area contributed by atoms with Crippen molar-refractivity contribution in [2.24, 2.45) is 5.92 Å². The van der Waals surface area contributed by atoms with Gasteiger partial charge in [0, 0.05) is 36.1 Å². The molecule has 1 saturated carbocycles. The van der Waals surface area contributed by atoms with Crippen LogP contribution < -0.4 is 9.62 Å². The number of amidine groups is 1. The second-order valence-electron chi connectivity index (χ2n) is 9.82. The molecule has 2 fully saturated rings. The van der Waals surface area contributed by atoms with Gasteiger partial charge in [0.25, 0.3) is 0 Å². The van der Waals surface area contributed by atoms with E-state index >= 15 is 0 Å². The number of para-hydroxylation sites is 1. The van der Waals surface area contributed by atoms with Crippen molar-refractivity contribution in [3.8, 4) is 0 Å². The first-order chi connectivity index (χ1) is 16.9. The van der Waals surface area contributed by atoms with Crippen molar-refractivity contribution < 1.29 is 4.39 Å². The molecule has 6 heteroatoms. The molecule has 0 amide bonds. The number of nitrogens with zero attached hydrogens (tertiary/aromatic N) is 2. The first-order valence-corrected chi connectivity index (χ1v) is 13.9. The molecular formula is C29H39FN4S. The molecule has 2 aliphatic carbocycles. The molecule has 1 spiro atoms. The average Bonchev–Trinajstić information content (AvgIpc) is 3.63. The monoisotopic (exact) mass is 494 g/mol. The molecule has 4 nitrogen and oxygen atoms in total. The molecule has 0 aromatic heterocycles. The quantitative estimate of drug-likeness (QED) is 0.199. The predicted molar refractivity (Wildman–Crippen MR) is 149 cm³/mol. The lowest BCUT2D eigenvalue weighted by molar-refractivity contribution is 0.259. The van der Waals surface area contributed by atoms with Crippen LogP contribution in [0, 0.1) is 24.1 Å². The lowest BCUT2D eigenvalue weighted by Crippen LogP contribution is -2.57. The Balaban J connectivity index is 0.00000141. The summed E-state index contributed by atoms with van der Waals surface area (Å²) in [6.45, 7) is 10.8. The summed E-state index contributed by atoms with van der Waals surface area (Å²) in [5.41, 5.74) is 3.63. The van der Waals surface area contributed by atoms with Gasteiger partial charge in [0.15, 0.2) is 0 Å². The van der Waals surface area contributed by atoms with Gasteiger partial charge in [-0.05, 0) is 80.3 Å². The third-order valence-corrected chi connectivity index (χ3v) is 8.32. The van der Waals surface area contributed by atoms with Crippen LogP contribution >= 0.6 is 11.9 Å². The minimum Gasteiger partial charge on any atom is -0.367 e. The summed E-state index contributed by atoms with van der Waals surface area (Å²) in [4.78, 5) is 4.73. The van der Waals surface area contributed by atoms with Crippen LogP contribution in [0.1, 0.15) is 57.6 Å². The highest BCUT2D eigenvalue weighted by molar-refractivity contribution is 8.01. The minimum atomic E-state index is -0.255. The Morgan fingerprint density at radius 2 is 1.83 bits per heavy atom. The largest absolute Gasteiger partial charge is 0.367 e. The van der Waals surface area contributed by atoms with Gasteiger partial charge in [-0.15, -0.1) is 0 Å². The zero-order valence-electron chi connectivity index (χ0n) is 21.5. The zero-order valence-corrected chi connectivity index (χ0v) is 22.3. The molecule has 3 aliphatic rings. The van der Waals surface area contributed by atoms with Crippen LogP contribution in [0.4, 0.5) is 15.8 Å². The number of benzene rings is 2. The number of rotatable bonds is 5. The highest BCUT2D eigenvalue weighted by atomic mass is 32.2. The predicted octanol–water partition coefficient (Wildman–Crippen LogP) is 7.26. The molecule has 188 valence electrons. The van der Waals surface area contributed by atoms with Crippen molar-refractivity contribution in [3.63, 3.8) is 0 Å². The third kappa shape index (κ3) is 5.69. The number of anilines is 2. The molecule has 2 atom stereocenters. The van der Waals surface area contributed by atoms with Gasteiger partial charge in [-0.25, -0.2) is 4.39 Å². The van der Waals surface area contributed by atoms with E-state index in [9.17, 15) is 9.80 Å². The maximum Gasteiger partial charge on any atom is 0.131 e. The molecule has 1 saturated heterocycles. The van der Waals surface area contributed by atoms with E-state index in [1.165, 1.54) is 12.1 Å². The highest BCUT2D eigenvalue weighted by Gasteiger charge is 2.52. The number of nitrogens with one attached hydrogen (secondary N) is 2. The Labute approximate surface area is 214 Å². The topological polar surface area (TPSA) is 42.4 Å². The molecular weight excluding hydrogens is 455 g/mol. The number of hydrogen-bond donors (Lipinski definition) is 2. The van der Waals surface area contributed by atoms with E-state index < -0.39 is 0 Å². The van der Waals surface area contributed by atoms with Crippen LogP contribution in [0.5, 0.6) is 0 Å². The van der Waals surface area contributed by atoms with Gasteiger partial charge in [-0.1, -0.05) is 51.1 Å². The fourth-order valence-corrected chi connectivity index (χ4v) is 6.06. The van der Waals surface area contributed by atoms with Crippen LogP contribution in [0.15, 0.2) is 54.6 Å². The van der Waals surface area contributed by atoms with Gasteiger partial charge in [0.2, 0.25) is 0 Å². The van der Waals surface area contributed by atoms with Gasteiger partial charge in [0.1, 0.15) is 11.7 Å². The van der Waals surface area contributed by atoms with Gasteiger partial charge >= 0.3 is 0 Å². The molecule has 2 aromatic carbocycles. The van der Waals surface area contributed by atoms with Crippen LogP contribution in [-0.2, 0) is 0 Å². The Morgan fingerprint density at radius 1 is 1.09 bits per heavy atom. The Kier molecular flexibility index (Phi) is 8.10. The van der Waals surface area contributed by atoms with E-state index in [4.69, 9.17) is 0 Å². The average molecular weight is 495 g/mol. The van der Waals surface area contributed by atoms with E-state index in [0.717, 1.165) is 55.7 Å². The summed E-state index contributed by atoms with van der Waals surface area (Å²) in [7, 11) is 0. The number of piperazine rings is 1. The van der Waals surface area contributed by atoms with E-state index in [2.05, 4.69) is 63.9 Å². The van der Waals surface area contributed by atoms with Crippen LogP contribution in [-0.4, -0.2) is 41.2 Å². The van der Waals surface area contributed by atoms with E-state index in [1.807, 2.05) is 20.8 Å². The van der Waals surface area contributed by atoms with Crippen molar-refractivity contribution in [1.82, 2.24) is 4.90 Å². The van der Waals surface area contributed by atoms with Crippen LogP contribution in [0.2, 0.25) is 0 Å². The molecule has 2 aromatic rings. The summed E-state index contributed by atoms with van der Waals surface area (Å²) < 4.78 is 17.8. The maximum atomic E-state index is 14.4. The van der Waals surface area contributed by atoms with E-state index in [-0.39, 0.29) is 11.4 Å². The van der Waals surface area contributed by atoms with Gasteiger partial charge < -0.3 is 14.5 Å². The first-order valence-electron chi connectivity index (χ1n) is 13.0. The summed E-state index contributed by atoms with van der Waals surface area (Å²) >= 11 is 1.63. The standard InChI is InChI=1S/C27H33FN4S.C2H6/c1-19-8-10-23(11-9-19)33-30-24-17-21(28)16-20(2)25(24)26(29)32-15-14-31(18-27(32)12-13-27)22-6-4-3-5-7-22;1-2/h3-8,10,16-17,19,23,29-30H,9,11-15,18H2,1-2H3;1-2H3. The number of halogens is 1. The molecule has 0 bridgehead atoms. The molecule has 0 radical (unpaired) electrons. The summed E-state index contributed by atoms with van der Waals surface area (Å²) in [5, 5.41) is 9.58. The van der Waals surface area contributed by atoms with Gasteiger partial charge in [-0.2, -0.15) is 0 Å². The second kappa shape index (κ2) is 11.1. The first kappa shape index (κ1) is 25.6. The van der Waals surface area contributed by atoms with E-state index in [1.54, 1.807) is 24.1 Å². The Hall–Kier alpha value is -2.47. The molecule has 5 rings (SSSR count). The number of hydrogen-bond acceptors (Lipinski definition) is 4. The number of aryl methyl sites for hydroxylation is 1. The Bertz CT molecular complexity index is 1050. The van der Waals surface area contributed by atoms with Crippen molar-refractivity contribution >= 4 is 29.2 Å². The second-order valence-corrected chi connectivity index (χ2v) is 10.9. The van der Waals surface area contributed by atoms with Crippen LogP contribution in [0.3, 0.4) is 0 Å². The third-order valence-electron chi connectivity index (χ3n) is 7.29. The van der Waals surface area contributed by atoms with Crippen molar-refractivity contribution in [2.45, 2.75) is 64.2 Å². The summed E-state index contributed by atoms with van der Waals surface area (Å²) in [6.07, 6.45) is 9.01. The Morgan fingerprint density at radius 3 is 2.49 bits per heavy atom. The maximum absolute atomic E-state index is 14.4. The lowest BCUT2D eigenvalue weighted by atomic mass is 9.98. The molecule has 2 unspecified atom stereocenters. The van der Waals surface area contributed by atoms with Gasteiger partial charge in [0.05, 0.1) is 11.2 Å². The van der Waals surface area contributed by atoms with E-state index in [0.29, 0.717) is 17.0 Å². The fraction of sp³-hybridized carbons (Fsp3) is 0.483.